The van der Waals surface area contributed by atoms with E-state index in [9.17, 15) is 9.90 Å². The molecule has 0 aromatic heterocycles. The van der Waals surface area contributed by atoms with Crippen LogP contribution in [0.3, 0.4) is 0 Å². The number of carbonyl (C=O) groups excluding carboxylic acids is 1. The number of aliphatic hydroxyl groups is 1. The minimum Gasteiger partial charge on any atom is -0.428 e. The molecule has 0 aliphatic rings. The maximum Gasteiger partial charge on any atom is 0.413 e. The van der Waals surface area contributed by atoms with Gasteiger partial charge in [-0.25, -0.2) is 4.79 Å². The second kappa shape index (κ2) is 6.96. The molecular formula is C20H22N2O3. The van der Waals surface area contributed by atoms with Crippen LogP contribution in [0.25, 0.3) is 11.1 Å². The van der Waals surface area contributed by atoms with Gasteiger partial charge in [-0.15, -0.1) is 0 Å². The molecule has 0 saturated heterocycles. The van der Waals surface area contributed by atoms with E-state index in [0.29, 0.717) is 11.3 Å². The first-order valence-electron chi connectivity index (χ1n) is 7.96. The molecule has 0 atom stereocenters. The van der Waals surface area contributed by atoms with Gasteiger partial charge in [-0.05, 0) is 44.9 Å². The van der Waals surface area contributed by atoms with Gasteiger partial charge in [-0.1, -0.05) is 42.5 Å². The van der Waals surface area contributed by atoms with Crippen LogP contribution in [0.1, 0.15) is 33.3 Å². The Hall–Kier alpha value is -2.84. The largest absolute Gasteiger partial charge is 0.428 e. The van der Waals surface area contributed by atoms with Crippen LogP contribution in [0.2, 0.25) is 0 Å². The first kappa shape index (κ1) is 18.5. The Labute approximate surface area is 147 Å². The molecule has 2 rings (SSSR count). The van der Waals surface area contributed by atoms with Crippen LogP contribution in [0.4, 0.5) is 10.5 Å². The van der Waals surface area contributed by atoms with E-state index in [1.54, 1.807) is 26.0 Å². The number of nitrogens with zero attached hydrogens (tertiary/aromatic N) is 1. The molecule has 0 fully saturated rings. The van der Waals surface area contributed by atoms with Crippen molar-refractivity contribution in [1.82, 2.24) is 0 Å². The summed E-state index contributed by atoms with van der Waals surface area (Å²) in [6.07, 6.45) is -0.748. The fourth-order valence-corrected chi connectivity index (χ4v) is 2.38. The fraction of sp³-hybridized carbons (Fsp3) is 0.300. The lowest BCUT2D eigenvalue weighted by Gasteiger charge is -2.24. The van der Waals surface area contributed by atoms with Crippen LogP contribution in [-0.4, -0.2) is 16.8 Å². The van der Waals surface area contributed by atoms with Gasteiger partial charge in [0.1, 0.15) is 6.07 Å². The van der Waals surface area contributed by atoms with Gasteiger partial charge in [0.05, 0.1) is 11.3 Å². The van der Waals surface area contributed by atoms with E-state index in [1.165, 1.54) is 13.8 Å². The molecule has 0 heterocycles. The second-order valence-corrected chi connectivity index (χ2v) is 6.82. The van der Waals surface area contributed by atoms with E-state index in [-0.39, 0.29) is 0 Å². The average molecular weight is 338 g/mol. The highest BCUT2D eigenvalue weighted by molar-refractivity contribution is 5.88. The summed E-state index contributed by atoms with van der Waals surface area (Å²) in [7, 11) is 0. The summed E-state index contributed by atoms with van der Waals surface area (Å²) in [5.41, 5.74) is 0.479. The van der Waals surface area contributed by atoms with Crippen LogP contribution in [0.15, 0.2) is 48.5 Å². The van der Waals surface area contributed by atoms with E-state index >= 15 is 0 Å². The number of ether oxygens (including phenoxy) is 1. The van der Waals surface area contributed by atoms with Crippen molar-refractivity contribution in [3.05, 3.63) is 54.1 Å². The van der Waals surface area contributed by atoms with Gasteiger partial charge >= 0.3 is 6.09 Å². The van der Waals surface area contributed by atoms with Gasteiger partial charge in [0.25, 0.3) is 0 Å². The van der Waals surface area contributed by atoms with E-state index in [0.717, 1.165) is 11.1 Å². The molecule has 25 heavy (non-hydrogen) atoms. The van der Waals surface area contributed by atoms with Gasteiger partial charge < -0.3 is 9.84 Å². The minimum atomic E-state index is -1.24. The number of hydrogen-bond acceptors (Lipinski definition) is 4. The van der Waals surface area contributed by atoms with Crippen LogP contribution in [-0.2, 0) is 10.3 Å². The van der Waals surface area contributed by atoms with E-state index in [4.69, 9.17) is 10.00 Å². The molecule has 2 aromatic carbocycles. The van der Waals surface area contributed by atoms with Gasteiger partial charge in [0.15, 0.2) is 5.60 Å². The first-order chi connectivity index (χ1) is 11.6. The summed E-state index contributed by atoms with van der Waals surface area (Å²) in [6.45, 7) is 6.29. The number of rotatable bonds is 4. The Morgan fingerprint density at radius 2 is 1.72 bits per heavy atom. The average Bonchev–Trinajstić information content (AvgIpc) is 2.54. The van der Waals surface area contributed by atoms with Crippen molar-refractivity contribution in [2.45, 2.75) is 38.9 Å². The molecule has 0 spiro atoms. The number of nitriles is 1. The fourth-order valence-electron chi connectivity index (χ4n) is 2.38. The lowest BCUT2D eigenvalue weighted by molar-refractivity contribution is 0.0788. The van der Waals surface area contributed by atoms with Gasteiger partial charge in [-0.3, -0.25) is 5.32 Å². The van der Waals surface area contributed by atoms with Crippen LogP contribution in [0.5, 0.6) is 0 Å². The zero-order chi connectivity index (χ0) is 18.7. The van der Waals surface area contributed by atoms with Gasteiger partial charge in [0.2, 0.25) is 0 Å². The summed E-state index contributed by atoms with van der Waals surface area (Å²) in [4.78, 5) is 12.1. The Kier molecular flexibility index (Phi) is 5.15. The van der Waals surface area contributed by atoms with E-state index in [2.05, 4.69) is 5.32 Å². The number of carbonyl (C=O) groups is 1. The smallest absolute Gasteiger partial charge is 0.413 e. The second-order valence-electron chi connectivity index (χ2n) is 6.82. The number of anilines is 1. The quantitative estimate of drug-likeness (QED) is 0.864. The number of hydrogen-bond donors (Lipinski definition) is 2. The van der Waals surface area contributed by atoms with Crippen LogP contribution < -0.4 is 5.32 Å². The molecule has 0 aliphatic carbocycles. The molecule has 1 amide bonds. The molecule has 5 heteroatoms. The predicted octanol–water partition coefficient (Wildman–Crippen LogP) is 4.43. The zero-order valence-electron chi connectivity index (χ0n) is 14.8. The van der Waals surface area contributed by atoms with Gasteiger partial charge in [-0.2, -0.15) is 5.26 Å². The third-order valence-corrected chi connectivity index (χ3v) is 3.64. The summed E-state index contributed by atoms with van der Waals surface area (Å²) < 4.78 is 5.11. The molecule has 0 radical (unpaired) electrons. The molecule has 0 saturated carbocycles. The molecule has 2 N–H and O–H groups in total. The summed E-state index contributed by atoms with van der Waals surface area (Å²) in [6, 6.07) is 17.0. The number of benzene rings is 2. The molecular weight excluding hydrogens is 316 g/mol. The minimum absolute atomic E-state index is 0.438. The Bertz CT molecular complexity index is 800. The lowest BCUT2D eigenvalue weighted by atomic mass is 9.93. The van der Waals surface area contributed by atoms with Crippen molar-refractivity contribution < 1.29 is 14.6 Å². The standard InChI is InChI=1S/C20H22N2O3/c1-19(2,13-21)25-18(23)22-17-12-15(14-8-6-5-7-9-14)10-11-16(17)20(3,4)24/h5-12,24H,1-4H3,(H,22,23). The highest BCUT2D eigenvalue weighted by Gasteiger charge is 2.25. The normalized spacial score (nSPS) is 11.5. The first-order valence-corrected chi connectivity index (χ1v) is 7.96. The maximum atomic E-state index is 12.1. The van der Waals surface area contributed by atoms with E-state index < -0.39 is 17.3 Å². The third kappa shape index (κ3) is 4.82. The monoisotopic (exact) mass is 338 g/mol. The van der Waals surface area contributed by atoms with Gasteiger partial charge in [0, 0.05) is 5.56 Å². The SMILES string of the molecule is CC(C)(C#N)OC(=O)Nc1cc(-c2ccccc2)ccc1C(C)(C)O. The van der Waals surface area contributed by atoms with Crippen molar-refractivity contribution in [2.24, 2.45) is 0 Å². The van der Waals surface area contributed by atoms with Crippen LogP contribution in [0, 0.1) is 11.3 Å². The van der Waals surface area contributed by atoms with Crippen molar-refractivity contribution in [3.63, 3.8) is 0 Å². The number of amides is 1. The topological polar surface area (TPSA) is 82.3 Å². The zero-order valence-corrected chi connectivity index (χ0v) is 14.8. The Balaban J connectivity index is 2.39. The van der Waals surface area contributed by atoms with Crippen molar-refractivity contribution in [1.29, 1.82) is 5.26 Å². The highest BCUT2D eigenvalue weighted by Crippen LogP contribution is 2.32. The molecule has 0 aliphatic heterocycles. The maximum absolute atomic E-state index is 12.1. The predicted molar refractivity (Wildman–Crippen MR) is 96.9 cm³/mol. The summed E-state index contributed by atoms with van der Waals surface area (Å²) in [5, 5.41) is 22.0. The Morgan fingerprint density at radius 1 is 1.08 bits per heavy atom. The molecule has 130 valence electrons. The molecule has 5 nitrogen and oxygen atoms in total. The molecule has 0 unspecified atom stereocenters. The van der Waals surface area contributed by atoms with Crippen molar-refractivity contribution >= 4 is 11.8 Å². The third-order valence-electron chi connectivity index (χ3n) is 3.64. The Morgan fingerprint density at radius 3 is 2.28 bits per heavy atom. The van der Waals surface area contributed by atoms with Crippen molar-refractivity contribution in [2.75, 3.05) is 5.32 Å². The lowest BCUT2D eigenvalue weighted by Crippen LogP contribution is -2.30. The highest BCUT2D eigenvalue weighted by atomic mass is 16.6. The molecule has 0 bridgehead atoms. The molecule has 2 aromatic rings. The summed E-state index contributed by atoms with van der Waals surface area (Å²) in [5.74, 6) is 0. The van der Waals surface area contributed by atoms with Crippen LogP contribution >= 0.6 is 0 Å². The summed E-state index contributed by atoms with van der Waals surface area (Å²) >= 11 is 0. The number of nitrogens with one attached hydrogen (secondary N) is 1. The van der Waals surface area contributed by atoms with E-state index in [1.807, 2.05) is 42.5 Å². The van der Waals surface area contributed by atoms with Crippen molar-refractivity contribution in [3.8, 4) is 17.2 Å².